The zero-order valence-corrected chi connectivity index (χ0v) is 45.5. The van der Waals surface area contributed by atoms with Crippen LogP contribution in [-0.4, -0.2) is 46.4 Å². The molecular weight excluding hydrogens is 1080 g/mol. The number of rotatable bonds is 26. The van der Waals surface area contributed by atoms with Crippen molar-refractivity contribution in [3.05, 3.63) is 148 Å². The van der Waals surface area contributed by atoms with E-state index in [1.807, 2.05) is 42.5 Å². The summed E-state index contributed by atoms with van der Waals surface area (Å²) in [4.78, 5) is 23.8. The maximum atomic E-state index is 13.5. The molecule has 2 N–H and O–H groups in total. The first-order chi connectivity index (χ1) is 32.6. The number of unbranched alkanes of at least 4 members (excludes halogenated alkanes) is 15. The number of alkyl halides is 3. The largest absolute Gasteiger partial charge is 0.507 e. The number of carbonyl (C=O) groups is 2. The minimum Gasteiger partial charge on any atom is -0.507 e. The van der Waals surface area contributed by atoms with Gasteiger partial charge in [-0.05, 0) is 65.1 Å². The standard InChI is InChI=1S/C24H51OP.C23H14Cl2O2.C10H7F3O2.Eu/c1-4-7-10-13-16-19-22-26(25,23-20-17-14-11-8-5-2)24-21-18-15-12-9-6-3;24-20-10-9-17(12-21(20)25)23(27)13-22(26)16-8-7-15-6-5-14-3-1-2-4-18(14)19(15)11-16;11-10(12,13)9(15)6-8(14)7-4-2-1-3-5-7;/h4-24H2,1-3H3;1-13,27H;1-6,15H;/b;23-13-;9-6-;. The summed E-state index contributed by atoms with van der Waals surface area (Å²) in [7, 11) is -1.89. The van der Waals surface area contributed by atoms with Crippen LogP contribution in [-0.2, 0) is 4.57 Å². The normalized spacial score (nSPS) is 11.9. The molecule has 5 rings (SSSR count). The molecule has 0 aliphatic carbocycles. The molecule has 0 bridgehead atoms. The molecule has 0 aliphatic heterocycles. The minimum absolute atomic E-state index is 0. The number of benzene rings is 5. The van der Waals surface area contributed by atoms with E-state index in [-0.39, 0.29) is 72.6 Å². The molecule has 5 nitrogen and oxygen atoms in total. The van der Waals surface area contributed by atoms with E-state index in [2.05, 4.69) is 26.8 Å². The number of halogens is 5. The first kappa shape index (κ1) is 62.3. The van der Waals surface area contributed by atoms with Crippen LogP contribution in [0, 0.1) is 49.4 Å². The molecular formula is C57H72Cl2EuF3O5P. The van der Waals surface area contributed by atoms with Crippen molar-refractivity contribution in [1.29, 1.82) is 0 Å². The Hall–Kier alpha value is -2.78. The Bertz CT molecular complexity index is 2360. The molecule has 0 saturated carbocycles. The van der Waals surface area contributed by atoms with Crippen LogP contribution >= 0.6 is 30.3 Å². The molecule has 0 heterocycles. The van der Waals surface area contributed by atoms with E-state index in [0.717, 1.165) is 40.0 Å². The average Bonchev–Trinajstić information content (AvgIpc) is 3.33. The predicted molar refractivity (Wildman–Crippen MR) is 283 cm³/mol. The van der Waals surface area contributed by atoms with E-state index in [0.29, 0.717) is 21.2 Å². The third kappa shape index (κ3) is 24.0. The number of fused-ring (bicyclic) bond motifs is 3. The number of hydrogen-bond acceptors (Lipinski definition) is 5. The molecule has 5 aromatic rings. The Labute approximate surface area is 460 Å². The molecule has 0 unspecified atom stereocenters. The average molecular weight is 1150 g/mol. The molecule has 5 aromatic carbocycles. The van der Waals surface area contributed by atoms with Crippen LogP contribution in [0.4, 0.5) is 13.2 Å². The first-order valence-corrected chi connectivity index (χ1v) is 27.6. The number of aliphatic hydroxyl groups is 2. The molecule has 0 saturated heterocycles. The molecule has 377 valence electrons. The van der Waals surface area contributed by atoms with Gasteiger partial charge in [0.2, 0.25) is 5.76 Å². The number of carbonyl (C=O) groups excluding carboxylic acids is 2. The van der Waals surface area contributed by atoms with Crippen molar-refractivity contribution in [2.24, 2.45) is 0 Å². The summed E-state index contributed by atoms with van der Waals surface area (Å²) in [5.74, 6) is -3.22. The summed E-state index contributed by atoms with van der Waals surface area (Å²) in [6.07, 6.45) is 23.4. The predicted octanol–water partition coefficient (Wildman–Crippen LogP) is 19.4. The van der Waals surface area contributed by atoms with E-state index < -0.39 is 24.9 Å². The van der Waals surface area contributed by atoms with E-state index in [4.69, 9.17) is 28.3 Å². The van der Waals surface area contributed by atoms with Crippen molar-refractivity contribution in [1.82, 2.24) is 0 Å². The van der Waals surface area contributed by atoms with Crippen LogP contribution in [0.15, 0.2) is 121 Å². The van der Waals surface area contributed by atoms with Gasteiger partial charge in [-0.25, -0.2) is 0 Å². The fraction of sp³-hybridized carbons (Fsp3) is 0.439. The fourth-order valence-corrected chi connectivity index (χ4v) is 11.2. The van der Waals surface area contributed by atoms with Crippen LogP contribution < -0.4 is 0 Å². The third-order valence-corrected chi connectivity index (χ3v) is 16.0. The number of hydrogen-bond donors (Lipinski definition) is 2. The van der Waals surface area contributed by atoms with Gasteiger partial charge in [-0.15, -0.1) is 0 Å². The Balaban J connectivity index is 0.000000367. The van der Waals surface area contributed by atoms with Crippen LogP contribution in [0.5, 0.6) is 0 Å². The molecule has 0 spiro atoms. The Morgan fingerprint density at radius 2 is 0.942 bits per heavy atom. The van der Waals surface area contributed by atoms with Crippen molar-refractivity contribution >= 4 is 69.2 Å². The number of allylic oxidation sites excluding steroid dienone is 3. The van der Waals surface area contributed by atoms with E-state index in [1.54, 1.807) is 24.3 Å². The van der Waals surface area contributed by atoms with Crippen molar-refractivity contribution in [2.75, 3.05) is 18.5 Å². The van der Waals surface area contributed by atoms with Gasteiger partial charge < -0.3 is 14.8 Å². The summed E-state index contributed by atoms with van der Waals surface area (Å²) in [6.45, 7) is 6.82. The maximum absolute atomic E-state index is 13.5. The Morgan fingerprint density at radius 3 is 1.45 bits per heavy atom. The SMILES string of the molecule is CCCCCCCCP(=O)(CCCCCCCC)CCCCCCCC.O=C(/C=C(\O)C(F)(F)F)c1ccccc1.O=C(/C=C(\O)c1ccc(Cl)c(Cl)c1)c1ccc2ccc3ccccc3c2c1.[Eu]. The van der Waals surface area contributed by atoms with Gasteiger partial charge in [0.25, 0.3) is 0 Å². The number of ketones is 2. The molecule has 0 aliphatic rings. The van der Waals surface area contributed by atoms with Gasteiger partial charge in [0.1, 0.15) is 5.76 Å². The van der Waals surface area contributed by atoms with Crippen LogP contribution in [0.25, 0.3) is 27.3 Å². The van der Waals surface area contributed by atoms with Gasteiger partial charge in [0.05, 0.1) is 17.2 Å². The zero-order chi connectivity index (χ0) is 49.8. The molecule has 69 heavy (non-hydrogen) atoms. The fourth-order valence-electron chi connectivity index (χ4n) is 7.87. The first-order valence-electron chi connectivity index (χ1n) is 24.6. The topological polar surface area (TPSA) is 91.7 Å². The van der Waals surface area contributed by atoms with E-state index >= 15 is 0 Å². The third-order valence-electron chi connectivity index (χ3n) is 11.9. The zero-order valence-electron chi connectivity index (χ0n) is 40.7. The molecule has 0 amide bonds. The second kappa shape index (κ2) is 34.6. The van der Waals surface area contributed by atoms with Crippen LogP contribution in [0.2, 0.25) is 10.0 Å². The van der Waals surface area contributed by atoms with Gasteiger partial charge in [0.15, 0.2) is 11.6 Å². The van der Waals surface area contributed by atoms with Crippen molar-refractivity contribution in [2.45, 2.75) is 143 Å². The summed E-state index contributed by atoms with van der Waals surface area (Å²) in [5.41, 5.74) is 1.03. The van der Waals surface area contributed by atoms with E-state index in [9.17, 15) is 32.4 Å². The number of aliphatic hydroxyl groups excluding tert-OH is 2. The van der Waals surface area contributed by atoms with Crippen molar-refractivity contribution < 1.29 is 86.9 Å². The Kier molecular flexibility index (Phi) is 31.2. The molecule has 1 radical (unpaired) electrons. The monoisotopic (exact) mass is 1150 g/mol. The summed E-state index contributed by atoms with van der Waals surface area (Å²) in [6, 6.07) is 29.8. The molecule has 0 fully saturated rings. The van der Waals surface area contributed by atoms with Crippen LogP contribution in [0.1, 0.15) is 163 Å². The summed E-state index contributed by atoms with van der Waals surface area (Å²) in [5, 5.41) is 23.8. The second-order valence-electron chi connectivity index (χ2n) is 17.5. The summed E-state index contributed by atoms with van der Waals surface area (Å²) < 4.78 is 49.0. The van der Waals surface area contributed by atoms with Crippen molar-refractivity contribution in [3.63, 3.8) is 0 Å². The van der Waals surface area contributed by atoms with Gasteiger partial charge in [-0.2, -0.15) is 13.2 Å². The van der Waals surface area contributed by atoms with Crippen molar-refractivity contribution in [3.8, 4) is 0 Å². The van der Waals surface area contributed by atoms with Gasteiger partial charge in [0, 0.05) is 96.7 Å². The maximum Gasteiger partial charge on any atom is 0.448 e. The quantitative estimate of drug-likeness (QED) is 0.0144. The van der Waals surface area contributed by atoms with Gasteiger partial charge in [-0.1, -0.05) is 219 Å². The van der Waals surface area contributed by atoms with Gasteiger partial charge >= 0.3 is 6.18 Å². The molecule has 0 atom stereocenters. The van der Waals surface area contributed by atoms with Crippen LogP contribution in [0.3, 0.4) is 0 Å². The van der Waals surface area contributed by atoms with E-state index in [1.165, 1.54) is 152 Å². The minimum atomic E-state index is -4.88. The second-order valence-corrected chi connectivity index (χ2v) is 21.8. The smallest absolute Gasteiger partial charge is 0.448 e. The van der Waals surface area contributed by atoms with Gasteiger partial charge in [-0.3, -0.25) is 9.59 Å². The Morgan fingerprint density at radius 1 is 0.507 bits per heavy atom. The molecule has 0 aromatic heterocycles. The molecule has 12 heteroatoms. The summed E-state index contributed by atoms with van der Waals surface area (Å²) >= 11 is 11.9.